The molecule has 4 aromatic rings. The Morgan fingerprint density at radius 1 is 0.966 bits per heavy atom. The third-order valence-corrected chi connectivity index (χ3v) is 6.33. The SMILES string of the molecule is Cc1cc2c3c(c(C)c(C)cc3c1)-c1c(cc3c(CC(C)C)cccc3[n+]1C)O2. The molecule has 0 radical (unpaired) electrons. The summed E-state index contributed by atoms with van der Waals surface area (Å²) in [6, 6.07) is 15.7. The van der Waals surface area contributed by atoms with Crippen molar-refractivity contribution in [2.45, 2.75) is 41.0 Å². The second kappa shape index (κ2) is 6.32. The average Bonchev–Trinajstić information content (AvgIpc) is 2.65. The summed E-state index contributed by atoms with van der Waals surface area (Å²) in [4.78, 5) is 0. The number of aryl methyl sites for hydroxylation is 3. The van der Waals surface area contributed by atoms with Gasteiger partial charge >= 0.3 is 0 Å². The summed E-state index contributed by atoms with van der Waals surface area (Å²) >= 11 is 0. The van der Waals surface area contributed by atoms with E-state index in [4.69, 9.17) is 4.74 Å². The van der Waals surface area contributed by atoms with E-state index >= 15 is 0 Å². The van der Waals surface area contributed by atoms with Gasteiger partial charge in [0.1, 0.15) is 12.8 Å². The van der Waals surface area contributed by atoms with Gasteiger partial charge in [0.25, 0.3) is 5.69 Å². The molecule has 0 spiro atoms. The molecule has 0 amide bonds. The predicted octanol–water partition coefficient (Wildman–Crippen LogP) is 6.71. The third-order valence-electron chi connectivity index (χ3n) is 6.33. The highest BCUT2D eigenvalue weighted by Crippen LogP contribution is 2.48. The highest BCUT2D eigenvalue weighted by atomic mass is 16.5. The molecule has 0 saturated carbocycles. The van der Waals surface area contributed by atoms with Gasteiger partial charge in [0.2, 0.25) is 5.52 Å². The number of nitrogens with zero attached hydrogens (tertiary/aromatic N) is 1. The lowest BCUT2D eigenvalue weighted by molar-refractivity contribution is -0.633. The first-order valence-electron chi connectivity index (χ1n) is 10.5. The number of aromatic nitrogens is 1. The van der Waals surface area contributed by atoms with Gasteiger partial charge < -0.3 is 4.74 Å². The molecule has 1 aromatic heterocycles. The maximum Gasteiger partial charge on any atom is 0.256 e. The van der Waals surface area contributed by atoms with Crippen molar-refractivity contribution < 1.29 is 9.30 Å². The quantitative estimate of drug-likeness (QED) is 0.309. The van der Waals surface area contributed by atoms with Crippen molar-refractivity contribution in [3.8, 4) is 22.8 Å². The Labute approximate surface area is 172 Å². The zero-order valence-corrected chi connectivity index (χ0v) is 18.2. The van der Waals surface area contributed by atoms with Crippen LogP contribution in [0.1, 0.15) is 36.1 Å². The van der Waals surface area contributed by atoms with E-state index in [1.165, 1.54) is 55.2 Å². The van der Waals surface area contributed by atoms with Gasteiger partial charge in [-0.15, -0.1) is 0 Å². The monoisotopic (exact) mass is 382 g/mol. The summed E-state index contributed by atoms with van der Waals surface area (Å²) in [6.45, 7) is 11.1. The van der Waals surface area contributed by atoms with Crippen LogP contribution in [-0.2, 0) is 13.5 Å². The fourth-order valence-corrected chi connectivity index (χ4v) is 4.91. The Balaban J connectivity index is 1.92. The van der Waals surface area contributed by atoms with Crippen LogP contribution in [0, 0.1) is 26.7 Å². The zero-order chi connectivity index (χ0) is 20.4. The van der Waals surface area contributed by atoms with E-state index < -0.39 is 0 Å². The van der Waals surface area contributed by atoms with E-state index in [1.54, 1.807) is 0 Å². The molecule has 3 aromatic carbocycles. The molecule has 2 nitrogen and oxygen atoms in total. The van der Waals surface area contributed by atoms with E-state index in [0.29, 0.717) is 5.92 Å². The largest absolute Gasteiger partial charge is 0.450 e. The molecule has 5 rings (SSSR count). The standard InChI is InChI=1S/C27H28NO/c1-15(2)10-19-8-7-9-22-21(19)14-24-27(28(22)6)25-18(5)17(4)13-20-11-16(3)12-23(29-24)26(20)25/h7-9,11-15H,10H2,1-6H3/q+1. The lowest BCUT2D eigenvalue weighted by Gasteiger charge is -2.23. The second-order valence-electron chi connectivity index (χ2n) is 9.02. The molecule has 0 bridgehead atoms. The normalized spacial score (nSPS) is 12.5. The van der Waals surface area contributed by atoms with Gasteiger partial charge in [-0.2, -0.15) is 4.57 Å². The molecule has 0 unspecified atom stereocenters. The van der Waals surface area contributed by atoms with Crippen molar-refractivity contribution >= 4 is 21.7 Å². The first-order valence-corrected chi connectivity index (χ1v) is 10.5. The van der Waals surface area contributed by atoms with Gasteiger partial charge in [0, 0.05) is 17.5 Å². The van der Waals surface area contributed by atoms with Crippen LogP contribution in [0.4, 0.5) is 0 Å². The number of rotatable bonds is 2. The molecular formula is C27H28NO+. The van der Waals surface area contributed by atoms with Crippen LogP contribution in [-0.4, -0.2) is 0 Å². The van der Waals surface area contributed by atoms with Crippen molar-refractivity contribution in [2.24, 2.45) is 13.0 Å². The van der Waals surface area contributed by atoms with Crippen LogP contribution >= 0.6 is 0 Å². The highest BCUT2D eigenvalue weighted by molar-refractivity contribution is 6.05. The fourth-order valence-electron chi connectivity index (χ4n) is 4.91. The number of hydrogen-bond acceptors (Lipinski definition) is 1. The fraction of sp³-hybridized carbons (Fsp3) is 0.296. The summed E-state index contributed by atoms with van der Waals surface area (Å²) in [6.07, 6.45) is 1.07. The second-order valence-corrected chi connectivity index (χ2v) is 9.02. The molecule has 2 heteroatoms. The van der Waals surface area contributed by atoms with E-state index in [2.05, 4.69) is 88.7 Å². The molecule has 29 heavy (non-hydrogen) atoms. The van der Waals surface area contributed by atoms with Gasteiger partial charge in [0.15, 0.2) is 5.75 Å². The summed E-state index contributed by atoms with van der Waals surface area (Å²) < 4.78 is 8.89. The molecule has 1 aliphatic rings. The average molecular weight is 383 g/mol. The lowest BCUT2D eigenvalue weighted by Crippen LogP contribution is -2.34. The van der Waals surface area contributed by atoms with Gasteiger partial charge in [0.05, 0.1) is 10.9 Å². The van der Waals surface area contributed by atoms with Crippen LogP contribution in [0.3, 0.4) is 0 Å². The summed E-state index contributed by atoms with van der Waals surface area (Å²) in [5.74, 6) is 2.56. The van der Waals surface area contributed by atoms with Gasteiger partial charge in [-0.05, 0) is 66.8 Å². The molecule has 0 N–H and O–H groups in total. The van der Waals surface area contributed by atoms with Crippen molar-refractivity contribution in [3.63, 3.8) is 0 Å². The van der Waals surface area contributed by atoms with Crippen LogP contribution in [0.15, 0.2) is 42.5 Å². The topological polar surface area (TPSA) is 13.1 Å². The minimum atomic E-state index is 0.616. The molecule has 0 saturated heterocycles. The Morgan fingerprint density at radius 2 is 1.76 bits per heavy atom. The predicted molar refractivity (Wildman–Crippen MR) is 121 cm³/mol. The van der Waals surface area contributed by atoms with Crippen LogP contribution in [0.25, 0.3) is 32.9 Å². The molecule has 0 atom stereocenters. The van der Waals surface area contributed by atoms with Crippen molar-refractivity contribution in [1.82, 2.24) is 0 Å². The number of hydrogen-bond donors (Lipinski definition) is 0. The maximum atomic E-state index is 6.55. The smallest absolute Gasteiger partial charge is 0.256 e. The highest BCUT2D eigenvalue weighted by Gasteiger charge is 2.32. The minimum Gasteiger partial charge on any atom is -0.450 e. The van der Waals surface area contributed by atoms with Crippen molar-refractivity contribution in [2.75, 3.05) is 0 Å². The van der Waals surface area contributed by atoms with E-state index in [0.717, 1.165) is 17.9 Å². The Hall–Kier alpha value is -2.87. The van der Waals surface area contributed by atoms with Gasteiger partial charge in [-0.1, -0.05) is 38.1 Å². The van der Waals surface area contributed by atoms with Crippen LogP contribution < -0.4 is 9.30 Å². The Bertz CT molecular complexity index is 1310. The van der Waals surface area contributed by atoms with Gasteiger partial charge in [-0.3, -0.25) is 0 Å². The van der Waals surface area contributed by atoms with Crippen molar-refractivity contribution in [3.05, 3.63) is 64.7 Å². The van der Waals surface area contributed by atoms with Gasteiger partial charge in [-0.25, -0.2) is 0 Å². The number of pyridine rings is 1. The van der Waals surface area contributed by atoms with E-state index in [-0.39, 0.29) is 0 Å². The first kappa shape index (κ1) is 18.2. The van der Waals surface area contributed by atoms with Crippen LogP contribution in [0.2, 0.25) is 0 Å². The van der Waals surface area contributed by atoms with Crippen LogP contribution in [0.5, 0.6) is 11.5 Å². The maximum absolute atomic E-state index is 6.55. The molecular weight excluding hydrogens is 354 g/mol. The lowest BCUT2D eigenvalue weighted by atomic mass is 9.89. The Kier molecular flexibility index (Phi) is 3.96. The molecule has 0 aliphatic carbocycles. The zero-order valence-electron chi connectivity index (χ0n) is 18.2. The van der Waals surface area contributed by atoms with E-state index in [1.807, 2.05) is 0 Å². The molecule has 2 heterocycles. The number of ether oxygens (including phenoxy) is 1. The minimum absolute atomic E-state index is 0.616. The number of benzene rings is 3. The molecule has 146 valence electrons. The third kappa shape index (κ3) is 2.66. The Morgan fingerprint density at radius 3 is 2.52 bits per heavy atom. The first-order chi connectivity index (χ1) is 13.8. The summed E-state index contributed by atoms with van der Waals surface area (Å²) in [5, 5.41) is 3.79. The van der Waals surface area contributed by atoms with E-state index in [9.17, 15) is 0 Å². The number of fused-ring (bicyclic) bond motifs is 3. The summed E-state index contributed by atoms with van der Waals surface area (Å²) in [7, 11) is 2.18. The molecule has 1 aliphatic heterocycles. The van der Waals surface area contributed by atoms with Crippen molar-refractivity contribution in [1.29, 1.82) is 0 Å². The summed E-state index contributed by atoms with van der Waals surface area (Å²) in [5.41, 5.74) is 9.04. The molecule has 0 fully saturated rings.